The zero-order chi connectivity index (χ0) is 25.6. The Balaban J connectivity index is 1.61. The van der Waals surface area contributed by atoms with Crippen molar-refractivity contribution >= 4 is 26.0 Å². The van der Waals surface area contributed by atoms with Gasteiger partial charge in [-0.15, -0.1) is 0 Å². The van der Waals surface area contributed by atoms with E-state index >= 15 is 0 Å². The van der Waals surface area contributed by atoms with Crippen LogP contribution in [0, 0.1) is 6.92 Å². The van der Waals surface area contributed by atoms with Crippen LogP contribution < -0.4 is 10.1 Å². The van der Waals surface area contributed by atoms with Crippen molar-refractivity contribution in [2.24, 2.45) is 0 Å². The van der Waals surface area contributed by atoms with Crippen molar-refractivity contribution in [3.8, 4) is 5.75 Å². The van der Waals surface area contributed by atoms with Crippen LogP contribution in [0.25, 0.3) is 0 Å². The van der Waals surface area contributed by atoms with Gasteiger partial charge in [0.15, 0.2) is 0 Å². The molecule has 2 aromatic carbocycles. The molecule has 35 heavy (non-hydrogen) atoms. The van der Waals surface area contributed by atoms with Crippen LogP contribution in [0.3, 0.4) is 0 Å². The number of hydrogen-bond acceptors (Lipinski definition) is 6. The van der Waals surface area contributed by atoms with Crippen molar-refractivity contribution in [3.05, 3.63) is 53.6 Å². The summed E-state index contributed by atoms with van der Waals surface area (Å²) < 4.78 is 59.4. The second kappa shape index (κ2) is 11.5. The molecule has 1 aliphatic rings. The molecule has 1 amide bonds. The summed E-state index contributed by atoms with van der Waals surface area (Å²) in [6.07, 6.45) is 2.78. The Morgan fingerprint density at radius 3 is 2.20 bits per heavy atom. The molecule has 9 nitrogen and oxygen atoms in total. The number of carbonyl (C=O) groups is 1. The zero-order valence-corrected chi connectivity index (χ0v) is 22.0. The van der Waals surface area contributed by atoms with Gasteiger partial charge in [-0.2, -0.15) is 8.61 Å². The second-order valence-electron chi connectivity index (χ2n) is 8.45. The molecule has 2 aromatic rings. The van der Waals surface area contributed by atoms with Gasteiger partial charge in [-0.05, 0) is 61.2 Å². The summed E-state index contributed by atoms with van der Waals surface area (Å²) in [7, 11) is -5.86. The van der Waals surface area contributed by atoms with E-state index in [2.05, 4.69) is 5.32 Å². The Labute approximate surface area is 208 Å². The molecule has 1 aliphatic heterocycles. The molecule has 0 radical (unpaired) electrons. The first-order valence-electron chi connectivity index (χ1n) is 11.6. The normalized spacial score (nSPS) is 15.2. The van der Waals surface area contributed by atoms with Crippen LogP contribution in [-0.4, -0.2) is 64.6 Å². The minimum Gasteiger partial charge on any atom is -0.496 e. The third kappa shape index (κ3) is 6.40. The average Bonchev–Trinajstić information content (AvgIpc) is 2.86. The molecule has 0 unspecified atom stereocenters. The van der Waals surface area contributed by atoms with E-state index in [0.29, 0.717) is 30.0 Å². The Morgan fingerprint density at radius 1 is 1.00 bits per heavy atom. The molecule has 0 spiro atoms. The Morgan fingerprint density at radius 2 is 1.63 bits per heavy atom. The van der Waals surface area contributed by atoms with Gasteiger partial charge < -0.3 is 10.1 Å². The molecule has 0 aliphatic carbocycles. The standard InChI is InChI=1S/C24H33N3O6S2/c1-4-26(35(31,32)22-12-13-23(33-3)19(2)16-22)18-24(28)25-17-20-8-10-21(11-9-20)34(29,30)27-14-6-5-7-15-27/h8-13,16H,4-7,14-15,17-18H2,1-3H3,(H,25,28). The van der Waals surface area contributed by atoms with Gasteiger partial charge in [-0.1, -0.05) is 25.5 Å². The molecule has 192 valence electrons. The molecule has 0 saturated carbocycles. The highest BCUT2D eigenvalue weighted by molar-refractivity contribution is 7.89. The van der Waals surface area contributed by atoms with Gasteiger partial charge in [0.25, 0.3) is 0 Å². The number of hydrogen-bond donors (Lipinski definition) is 1. The molecular weight excluding hydrogens is 490 g/mol. The van der Waals surface area contributed by atoms with Crippen molar-refractivity contribution in [3.63, 3.8) is 0 Å². The summed E-state index contributed by atoms with van der Waals surface area (Å²) in [5.74, 6) is 0.130. The van der Waals surface area contributed by atoms with Gasteiger partial charge in [-0.3, -0.25) is 4.79 Å². The Hall–Kier alpha value is -2.47. The van der Waals surface area contributed by atoms with E-state index in [0.717, 1.165) is 23.6 Å². The molecule has 11 heteroatoms. The lowest BCUT2D eigenvalue weighted by Gasteiger charge is -2.25. The molecular formula is C24H33N3O6S2. The van der Waals surface area contributed by atoms with Crippen molar-refractivity contribution in [1.82, 2.24) is 13.9 Å². The number of aryl methyl sites for hydroxylation is 1. The predicted octanol–water partition coefficient (Wildman–Crippen LogP) is 2.51. The lowest BCUT2D eigenvalue weighted by molar-refractivity contribution is -0.121. The highest BCUT2D eigenvalue weighted by Crippen LogP contribution is 2.24. The van der Waals surface area contributed by atoms with Crippen LogP contribution in [0.4, 0.5) is 0 Å². The number of rotatable bonds is 10. The first-order chi connectivity index (χ1) is 16.6. The predicted molar refractivity (Wildman–Crippen MR) is 133 cm³/mol. The minimum absolute atomic E-state index is 0.0935. The van der Waals surface area contributed by atoms with Gasteiger partial charge in [-0.25, -0.2) is 16.8 Å². The monoisotopic (exact) mass is 523 g/mol. The highest BCUT2D eigenvalue weighted by atomic mass is 32.2. The number of carbonyl (C=O) groups excluding carboxylic acids is 1. The van der Waals surface area contributed by atoms with Crippen LogP contribution in [-0.2, 0) is 31.4 Å². The molecule has 1 N–H and O–H groups in total. The van der Waals surface area contributed by atoms with Crippen LogP contribution in [0.5, 0.6) is 5.75 Å². The number of nitrogens with one attached hydrogen (secondary N) is 1. The molecule has 1 fully saturated rings. The Kier molecular flexibility index (Phi) is 8.92. The zero-order valence-electron chi connectivity index (χ0n) is 20.4. The maximum absolute atomic E-state index is 13.0. The van der Waals surface area contributed by atoms with E-state index in [9.17, 15) is 21.6 Å². The molecule has 1 heterocycles. The number of sulfonamides is 2. The van der Waals surface area contributed by atoms with Gasteiger partial charge >= 0.3 is 0 Å². The highest BCUT2D eigenvalue weighted by Gasteiger charge is 2.27. The van der Waals surface area contributed by atoms with Gasteiger partial charge in [0.05, 0.1) is 23.4 Å². The summed E-state index contributed by atoms with van der Waals surface area (Å²) >= 11 is 0. The first-order valence-corrected chi connectivity index (χ1v) is 14.5. The number of likely N-dealkylation sites (N-methyl/N-ethyl adjacent to an activating group) is 1. The number of nitrogens with zero attached hydrogens (tertiary/aromatic N) is 2. The quantitative estimate of drug-likeness (QED) is 0.512. The average molecular weight is 524 g/mol. The second-order valence-corrected chi connectivity index (χ2v) is 12.3. The molecule has 0 atom stereocenters. The largest absolute Gasteiger partial charge is 0.496 e. The third-order valence-corrected chi connectivity index (χ3v) is 9.87. The molecule has 0 aromatic heterocycles. The summed E-state index contributed by atoms with van der Waals surface area (Å²) in [5.41, 5.74) is 1.40. The fourth-order valence-corrected chi connectivity index (χ4v) is 6.99. The third-order valence-electron chi connectivity index (χ3n) is 6.04. The van der Waals surface area contributed by atoms with E-state index in [1.165, 1.54) is 23.5 Å². The van der Waals surface area contributed by atoms with Gasteiger partial charge in [0, 0.05) is 26.2 Å². The summed E-state index contributed by atoms with van der Waals surface area (Å²) in [6.45, 7) is 4.45. The van der Waals surface area contributed by atoms with Gasteiger partial charge in [0.2, 0.25) is 26.0 Å². The smallest absolute Gasteiger partial charge is 0.243 e. The van der Waals surface area contributed by atoms with Crippen molar-refractivity contribution < 1.29 is 26.4 Å². The number of benzene rings is 2. The lowest BCUT2D eigenvalue weighted by Crippen LogP contribution is -2.40. The van der Waals surface area contributed by atoms with E-state index in [4.69, 9.17) is 4.74 Å². The van der Waals surface area contributed by atoms with Gasteiger partial charge in [0.1, 0.15) is 5.75 Å². The maximum Gasteiger partial charge on any atom is 0.243 e. The number of amides is 1. The summed E-state index contributed by atoms with van der Waals surface area (Å²) in [5, 5.41) is 2.71. The topological polar surface area (TPSA) is 113 Å². The molecule has 3 rings (SSSR count). The van der Waals surface area contributed by atoms with E-state index < -0.39 is 26.0 Å². The minimum atomic E-state index is -3.86. The van der Waals surface area contributed by atoms with Crippen molar-refractivity contribution in [1.29, 1.82) is 0 Å². The fourth-order valence-electron chi connectivity index (χ4n) is 3.98. The fraction of sp³-hybridized carbons (Fsp3) is 0.458. The van der Waals surface area contributed by atoms with Crippen LogP contribution >= 0.6 is 0 Å². The van der Waals surface area contributed by atoms with Crippen LogP contribution in [0.2, 0.25) is 0 Å². The maximum atomic E-state index is 13.0. The van der Waals surface area contributed by atoms with E-state index in [1.54, 1.807) is 44.2 Å². The number of ether oxygens (including phenoxy) is 1. The first kappa shape index (κ1) is 27.1. The lowest BCUT2D eigenvalue weighted by atomic mass is 10.2. The summed E-state index contributed by atoms with van der Waals surface area (Å²) in [6, 6.07) is 11.0. The van der Waals surface area contributed by atoms with E-state index in [-0.39, 0.29) is 29.4 Å². The van der Waals surface area contributed by atoms with Crippen LogP contribution in [0.15, 0.2) is 52.3 Å². The SMILES string of the molecule is CCN(CC(=O)NCc1ccc(S(=O)(=O)N2CCCCC2)cc1)S(=O)(=O)c1ccc(OC)c(C)c1. The van der Waals surface area contributed by atoms with Crippen molar-refractivity contribution in [2.45, 2.75) is 49.4 Å². The molecule has 0 bridgehead atoms. The Bertz CT molecular complexity index is 1240. The van der Waals surface area contributed by atoms with Crippen LogP contribution in [0.1, 0.15) is 37.3 Å². The van der Waals surface area contributed by atoms with Crippen molar-refractivity contribution in [2.75, 3.05) is 33.3 Å². The molecule has 1 saturated heterocycles. The van der Waals surface area contributed by atoms with E-state index in [1.807, 2.05) is 0 Å². The number of methoxy groups -OCH3 is 1. The summed E-state index contributed by atoms with van der Waals surface area (Å²) in [4.78, 5) is 12.8. The number of piperidine rings is 1.